The van der Waals surface area contributed by atoms with E-state index in [4.69, 9.17) is 9.72 Å². The molecule has 2 aliphatic rings. The zero-order chi connectivity index (χ0) is 24.8. The van der Waals surface area contributed by atoms with Crippen molar-refractivity contribution >= 4 is 28.4 Å². The van der Waals surface area contributed by atoms with Gasteiger partial charge in [-0.05, 0) is 37.8 Å². The van der Waals surface area contributed by atoms with E-state index >= 15 is 0 Å². The summed E-state index contributed by atoms with van der Waals surface area (Å²) in [6.07, 6.45) is 6.24. The minimum absolute atomic E-state index is 0.0601. The molecule has 1 amide bonds. The molecule has 6 rings (SSSR count). The first-order valence-corrected chi connectivity index (χ1v) is 12.3. The van der Waals surface area contributed by atoms with E-state index in [1.807, 2.05) is 29.0 Å². The number of nitrogens with one attached hydrogen (secondary N) is 2. The van der Waals surface area contributed by atoms with Gasteiger partial charge in [0.25, 0.3) is 5.91 Å². The van der Waals surface area contributed by atoms with Gasteiger partial charge >= 0.3 is 0 Å². The fourth-order valence-electron chi connectivity index (χ4n) is 5.34. The first-order valence-electron chi connectivity index (χ1n) is 12.3. The van der Waals surface area contributed by atoms with Crippen LogP contribution in [0, 0.1) is 0 Å². The van der Waals surface area contributed by atoms with E-state index in [1.54, 1.807) is 17.8 Å². The average molecular weight is 494 g/mol. The van der Waals surface area contributed by atoms with E-state index in [-0.39, 0.29) is 24.6 Å². The summed E-state index contributed by atoms with van der Waals surface area (Å²) in [7, 11) is 1.77. The Hall–Kier alpha value is -3.57. The maximum absolute atomic E-state index is 14.8. The molecule has 188 valence electrons. The summed E-state index contributed by atoms with van der Waals surface area (Å²) in [4.78, 5) is 22.5. The molecule has 11 heteroatoms. The van der Waals surface area contributed by atoms with Crippen LogP contribution in [0.2, 0.25) is 0 Å². The zero-order valence-corrected chi connectivity index (χ0v) is 19.9. The van der Waals surface area contributed by atoms with Crippen LogP contribution >= 0.6 is 0 Å². The summed E-state index contributed by atoms with van der Waals surface area (Å²) in [5.74, 6) is 0.323. The van der Waals surface area contributed by atoms with E-state index in [2.05, 4.69) is 20.7 Å². The molecule has 1 aliphatic carbocycles. The molecule has 4 atom stereocenters. The number of amides is 1. The lowest BCUT2D eigenvalue weighted by atomic mass is 10.1. The Morgan fingerprint density at radius 3 is 2.94 bits per heavy atom. The molecule has 0 aromatic carbocycles. The Kier molecular flexibility index (Phi) is 5.81. The number of carbonyl (C=O) groups excluding carboxylic acids is 1. The highest BCUT2D eigenvalue weighted by atomic mass is 19.1. The molecule has 2 fully saturated rings. The van der Waals surface area contributed by atoms with Crippen molar-refractivity contribution in [1.82, 2.24) is 29.5 Å². The Morgan fingerprint density at radius 1 is 1.28 bits per heavy atom. The van der Waals surface area contributed by atoms with Gasteiger partial charge in [-0.2, -0.15) is 9.61 Å². The summed E-state index contributed by atoms with van der Waals surface area (Å²) < 4.78 is 23.6. The number of hydrogen-bond acceptors (Lipinski definition) is 7. The number of pyridine rings is 1. The number of anilines is 1. The third kappa shape index (κ3) is 3.79. The number of ether oxygens (including phenoxy) is 1. The minimum Gasteiger partial charge on any atom is -0.391 e. The molecule has 0 radical (unpaired) electrons. The Morgan fingerprint density at radius 2 is 2.17 bits per heavy atom. The van der Waals surface area contributed by atoms with Crippen molar-refractivity contribution < 1.29 is 19.0 Å². The number of nitrogens with zero attached hydrogens (tertiary/aromatic N) is 5. The Bertz CT molecular complexity index is 1430. The van der Waals surface area contributed by atoms with Gasteiger partial charge in [0.1, 0.15) is 23.2 Å². The van der Waals surface area contributed by atoms with Gasteiger partial charge in [0.15, 0.2) is 5.65 Å². The van der Waals surface area contributed by atoms with Gasteiger partial charge in [0, 0.05) is 43.1 Å². The normalized spacial score (nSPS) is 24.4. The van der Waals surface area contributed by atoms with Crippen molar-refractivity contribution in [2.45, 2.75) is 50.0 Å². The summed E-state index contributed by atoms with van der Waals surface area (Å²) in [6, 6.07) is 4.97. The molecule has 10 nitrogen and oxygen atoms in total. The first-order chi connectivity index (χ1) is 17.5. The molecule has 5 heterocycles. The van der Waals surface area contributed by atoms with Gasteiger partial charge in [-0.1, -0.05) is 0 Å². The molecule has 3 N–H and O–H groups in total. The predicted octanol–water partition coefficient (Wildman–Crippen LogP) is 2.73. The number of halogens is 1. The second kappa shape index (κ2) is 9.14. The lowest BCUT2D eigenvalue weighted by molar-refractivity contribution is 0.00443. The smallest absolute Gasteiger partial charge is 0.257 e. The summed E-state index contributed by atoms with van der Waals surface area (Å²) >= 11 is 0. The topological polar surface area (TPSA) is 119 Å². The largest absolute Gasteiger partial charge is 0.391 e. The molecule has 1 aliphatic heterocycles. The van der Waals surface area contributed by atoms with E-state index in [0.29, 0.717) is 47.8 Å². The van der Waals surface area contributed by atoms with Crippen LogP contribution in [-0.2, 0) is 4.74 Å². The minimum atomic E-state index is -1.14. The van der Waals surface area contributed by atoms with Gasteiger partial charge in [-0.15, -0.1) is 0 Å². The first kappa shape index (κ1) is 22.9. The molecule has 0 bridgehead atoms. The number of aromatic nitrogens is 5. The average Bonchev–Trinajstić information content (AvgIpc) is 3.61. The van der Waals surface area contributed by atoms with Crippen LogP contribution < -0.4 is 10.6 Å². The van der Waals surface area contributed by atoms with Crippen LogP contribution in [0.25, 0.3) is 27.9 Å². The highest BCUT2D eigenvalue weighted by molar-refractivity contribution is 6.01. The van der Waals surface area contributed by atoms with Gasteiger partial charge in [0.05, 0.1) is 36.7 Å². The molecule has 4 aromatic heterocycles. The summed E-state index contributed by atoms with van der Waals surface area (Å²) in [6.45, 7) is 0.551. The highest BCUT2D eigenvalue weighted by Gasteiger charge is 2.31. The third-order valence-electron chi connectivity index (χ3n) is 7.24. The van der Waals surface area contributed by atoms with Crippen LogP contribution in [0.1, 0.15) is 42.1 Å². The lowest BCUT2D eigenvalue weighted by Crippen LogP contribution is -2.39. The number of hydrogen-bond donors (Lipinski definition) is 3. The molecular formula is C25H28FN7O3. The third-order valence-corrected chi connectivity index (χ3v) is 7.24. The maximum atomic E-state index is 14.8. The molecule has 36 heavy (non-hydrogen) atoms. The van der Waals surface area contributed by atoms with Crippen molar-refractivity contribution in [3.8, 4) is 11.3 Å². The molecule has 1 saturated heterocycles. The van der Waals surface area contributed by atoms with Crippen molar-refractivity contribution in [2.75, 3.05) is 25.6 Å². The van der Waals surface area contributed by atoms with Crippen LogP contribution in [0.3, 0.4) is 0 Å². The monoisotopic (exact) mass is 493 g/mol. The number of aliphatic hydroxyl groups is 1. The number of rotatable bonds is 5. The predicted molar refractivity (Wildman–Crippen MR) is 132 cm³/mol. The van der Waals surface area contributed by atoms with Gasteiger partial charge in [-0.25, -0.2) is 14.4 Å². The van der Waals surface area contributed by atoms with E-state index in [1.165, 1.54) is 6.20 Å². The van der Waals surface area contributed by atoms with Crippen LogP contribution in [0.4, 0.5) is 10.2 Å². The number of aliphatic hydroxyl groups excluding tert-OH is 1. The molecule has 1 saturated carbocycles. The van der Waals surface area contributed by atoms with Gasteiger partial charge < -0.3 is 25.0 Å². The van der Waals surface area contributed by atoms with Crippen molar-refractivity contribution in [3.05, 3.63) is 42.4 Å². The summed E-state index contributed by atoms with van der Waals surface area (Å²) in [5, 5.41) is 21.4. The van der Waals surface area contributed by atoms with Crippen LogP contribution in [-0.4, -0.2) is 73.7 Å². The second-order valence-corrected chi connectivity index (χ2v) is 9.42. The van der Waals surface area contributed by atoms with E-state index in [9.17, 15) is 14.3 Å². The molecule has 4 aromatic rings. The van der Waals surface area contributed by atoms with Gasteiger partial charge in [-0.3, -0.25) is 4.79 Å². The molecule has 0 spiro atoms. The zero-order valence-electron chi connectivity index (χ0n) is 19.9. The number of carbonyl (C=O) groups is 1. The Balaban J connectivity index is 1.46. The highest BCUT2D eigenvalue weighted by Crippen LogP contribution is 2.35. The fraction of sp³-hybridized carbons (Fsp3) is 0.440. The van der Waals surface area contributed by atoms with Crippen molar-refractivity contribution in [2.24, 2.45) is 0 Å². The number of alkyl halides is 1. The standard InChI is InChI=1S/C25H28FN7O3/c1-27-22-10-19(30-24-15(11-29-33(22)24)25(35)31-18-5-2-6-21(18)34)16-12-32(20-7-9-36-13-17(20)26)23-14(16)4-3-8-28-23/h3-4,8,10-12,17-18,20-21,27,34H,2,5-7,9,13H2,1H3,(H,31,35)/t17-,18+,20-,21-/m1/s1. The van der Waals surface area contributed by atoms with Crippen LogP contribution in [0.15, 0.2) is 36.8 Å². The SMILES string of the molecule is CNc1cc(-c2cn([C@@H]3CCOC[C@H]3F)c3ncccc23)nc2c(C(=O)N[C@H]3CCC[C@H]3O)cnn12. The quantitative estimate of drug-likeness (QED) is 0.391. The number of fused-ring (bicyclic) bond motifs is 2. The van der Waals surface area contributed by atoms with Crippen molar-refractivity contribution in [3.63, 3.8) is 0 Å². The fourth-order valence-corrected chi connectivity index (χ4v) is 5.34. The lowest BCUT2D eigenvalue weighted by Gasteiger charge is -2.27. The maximum Gasteiger partial charge on any atom is 0.257 e. The van der Waals surface area contributed by atoms with E-state index in [0.717, 1.165) is 23.8 Å². The molecular weight excluding hydrogens is 465 g/mol. The second-order valence-electron chi connectivity index (χ2n) is 9.42. The van der Waals surface area contributed by atoms with E-state index < -0.39 is 12.3 Å². The Labute approximate surface area is 206 Å². The van der Waals surface area contributed by atoms with Gasteiger partial charge in [0.2, 0.25) is 0 Å². The van der Waals surface area contributed by atoms with Crippen LogP contribution in [0.5, 0.6) is 0 Å². The summed E-state index contributed by atoms with van der Waals surface area (Å²) in [5.41, 5.74) is 2.79. The molecule has 0 unspecified atom stereocenters. The van der Waals surface area contributed by atoms with Crippen molar-refractivity contribution in [1.29, 1.82) is 0 Å².